The number of aryl methyl sites for hydroxylation is 1. The molecule has 1 aliphatic heterocycles. The van der Waals surface area contributed by atoms with Crippen LogP contribution >= 0.6 is 23.2 Å². The molecule has 3 heterocycles. The Labute approximate surface area is 373 Å². The van der Waals surface area contributed by atoms with Gasteiger partial charge in [-0.3, -0.25) is 14.5 Å². The zero-order chi connectivity index (χ0) is 45.2. The van der Waals surface area contributed by atoms with Gasteiger partial charge < -0.3 is 34.8 Å². The predicted molar refractivity (Wildman–Crippen MR) is 249 cm³/mol. The van der Waals surface area contributed by atoms with Gasteiger partial charge in [0.1, 0.15) is 6.29 Å². The Morgan fingerprint density at radius 3 is 1.84 bits per heavy atom. The van der Waals surface area contributed by atoms with E-state index in [2.05, 4.69) is 46.3 Å². The third-order valence-electron chi connectivity index (χ3n) is 12.3. The number of aliphatic hydroxyl groups is 2. The summed E-state index contributed by atoms with van der Waals surface area (Å²) in [7, 11) is 8.52. The van der Waals surface area contributed by atoms with E-state index in [4.69, 9.17) is 33.4 Å². The van der Waals surface area contributed by atoms with Gasteiger partial charge in [-0.25, -0.2) is 9.97 Å². The Morgan fingerprint density at radius 2 is 1.39 bits per heavy atom. The number of nitrogens with zero attached hydrogens (tertiary/aromatic N) is 5. The summed E-state index contributed by atoms with van der Waals surface area (Å²) in [6, 6.07) is 11.7. The highest BCUT2D eigenvalue weighted by Crippen LogP contribution is 2.62. The first-order valence-electron chi connectivity index (χ1n) is 21.6. The van der Waals surface area contributed by atoms with Crippen LogP contribution in [0.4, 0.5) is 11.4 Å². The molecule has 0 spiro atoms. The minimum Gasteiger partial charge on any atom is -0.400 e. The number of aromatic nitrogens is 4. The van der Waals surface area contributed by atoms with Gasteiger partial charge in [0.25, 0.3) is 0 Å². The molecule has 12 nitrogen and oxygen atoms in total. The number of hydrogen-bond acceptors (Lipinski definition) is 10. The molecule has 14 heteroatoms. The largest absolute Gasteiger partial charge is 0.400 e. The molecule has 336 valence electrons. The summed E-state index contributed by atoms with van der Waals surface area (Å²) < 4.78 is 3.83. The van der Waals surface area contributed by atoms with Crippen molar-refractivity contribution in [2.24, 2.45) is 24.9 Å². The number of benzene rings is 2. The van der Waals surface area contributed by atoms with E-state index in [1.807, 2.05) is 73.7 Å². The van der Waals surface area contributed by atoms with Crippen LogP contribution in [-0.2, 0) is 44.7 Å². The zero-order valence-electron chi connectivity index (χ0n) is 37.6. The van der Waals surface area contributed by atoms with E-state index in [1.165, 1.54) is 36.9 Å². The van der Waals surface area contributed by atoms with Crippen LogP contribution < -0.4 is 10.6 Å². The molecule has 3 aliphatic rings. The predicted octanol–water partition coefficient (Wildman–Crippen LogP) is 9.01. The van der Waals surface area contributed by atoms with Gasteiger partial charge in [0.05, 0.1) is 32.8 Å². The Morgan fingerprint density at radius 1 is 0.820 bits per heavy atom. The molecule has 61 heavy (non-hydrogen) atoms. The second kappa shape index (κ2) is 25.1. The molecule has 2 aliphatic carbocycles. The van der Waals surface area contributed by atoms with Crippen LogP contribution in [0.5, 0.6) is 0 Å². The van der Waals surface area contributed by atoms with Gasteiger partial charge >= 0.3 is 0 Å². The number of rotatable bonds is 14. The van der Waals surface area contributed by atoms with Crippen LogP contribution in [-0.4, -0.2) is 94.0 Å². The molecular formula is C47H69Cl2N7O5. The summed E-state index contributed by atoms with van der Waals surface area (Å²) in [4.78, 5) is 44.3. The SMILES string of the molecule is CCCCO.CCCc1c(CC)nc(C=O)n1C.CNc1cccc(-c2cccc(NC)c2Cl)c1Cl.CO.Cn1c(C=O)nc2c1CCN(CCC13CCC(C=O)(CC1)C3)C2. The number of aliphatic hydroxyl groups excluding tert-OH is 2. The van der Waals surface area contributed by atoms with E-state index in [0.717, 1.165) is 131 Å². The molecular weight excluding hydrogens is 813 g/mol. The lowest BCUT2D eigenvalue weighted by Gasteiger charge is -2.32. The normalized spacial score (nSPS) is 18.4. The smallest absolute Gasteiger partial charge is 0.185 e. The zero-order valence-corrected chi connectivity index (χ0v) is 39.1. The number of fused-ring (bicyclic) bond motifs is 3. The number of imidazole rings is 2. The van der Waals surface area contributed by atoms with E-state index >= 15 is 0 Å². The van der Waals surface area contributed by atoms with Crippen molar-refractivity contribution in [2.75, 3.05) is 51.5 Å². The Bertz CT molecular complexity index is 1950. The summed E-state index contributed by atoms with van der Waals surface area (Å²) in [6.07, 6.45) is 15.9. The molecule has 7 rings (SSSR count). The third-order valence-corrected chi connectivity index (χ3v) is 13.1. The maximum absolute atomic E-state index is 11.4. The van der Waals surface area contributed by atoms with E-state index in [1.54, 1.807) is 0 Å². The van der Waals surface area contributed by atoms with E-state index in [-0.39, 0.29) is 5.41 Å². The second-order valence-corrected chi connectivity index (χ2v) is 16.8. The Kier molecular flexibility index (Phi) is 21.1. The van der Waals surface area contributed by atoms with Gasteiger partial charge in [-0.15, -0.1) is 0 Å². The molecule has 2 fully saturated rings. The molecule has 2 aromatic carbocycles. The molecule has 0 unspecified atom stereocenters. The van der Waals surface area contributed by atoms with Crippen LogP contribution in [0.3, 0.4) is 0 Å². The van der Waals surface area contributed by atoms with Gasteiger partial charge in [0.2, 0.25) is 0 Å². The fourth-order valence-corrected chi connectivity index (χ4v) is 9.39. The van der Waals surface area contributed by atoms with Gasteiger partial charge in [-0.2, -0.15) is 0 Å². The third kappa shape index (κ3) is 12.8. The molecule has 2 saturated carbocycles. The average Bonchev–Trinajstić information content (AvgIpc) is 4.04. The highest BCUT2D eigenvalue weighted by atomic mass is 35.5. The topological polar surface area (TPSA) is 155 Å². The van der Waals surface area contributed by atoms with Crippen LogP contribution in [0, 0.1) is 10.8 Å². The number of nitrogens with one attached hydrogen (secondary N) is 2. The van der Waals surface area contributed by atoms with Gasteiger partial charge in [-0.1, -0.05) is 81.1 Å². The quantitative estimate of drug-likeness (QED) is 0.0903. The molecule has 4 aromatic rings. The van der Waals surface area contributed by atoms with E-state index in [9.17, 15) is 14.4 Å². The van der Waals surface area contributed by atoms with Crippen molar-refractivity contribution in [3.05, 3.63) is 80.9 Å². The number of anilines is 2. The molecule has 0 amide bonds. The van der Waals surface area contributed by atoms with Crippen LogP contribution in [0.2, 0.25) is 10.0 Å². The number of halogens is 2. The minimum atomic E-state index is 0.0227. The lowest BCUT2D eigenvalue weighted by Crippen LogP contribution is -2.34. The van der Waals surface area contributed by atoms with Crippen molar-refractivity contribution < 1.29 is 24.6 Å². The molecule has 0 saturated heterocycles. The lowest BCUT2D eigenvalue weighted by molar-refractivity contribution is -0.115. The summed E-state index contributed by atoms with van der Waals surface area (Å²) >= 11 is 12.7. The minimum absolute atomic E-state index is 0.0227. The Hall–Kier alpha value is -4.07. The first kappa shape index (κ1) is 51.3. The van der Waals surface area contributed by atoms with Crippen molar-refractivity contribution in [3.8, 4) is 11.1 Å². The standard InChI is InChI=1S/C18H25N3O2.C14H14Cl2N2.C10H16N2O.C4H10O.CH4O/c1-20-15-2-8-21(10-14(15)19-16(20)11-22)9-7-17-3-5-18(12-17,13-23)6-4-17;1-17-11-7-3-5-9(13(11)15)10-6-4-8-12(18-2)14(10)16;1-4-6-9-8(5-2)11-10(7-13)12(9)3;1-2-3-4-5;1-2/h11,13H,2-10,12H2,1H3;3-8,17-18H,1-2H3;7H,4-6H2,1-3H3;5H,2-4H2,1H3;2H,1H3. The van der Waals surface area contributed by atoms with Gasteiger partial charge in [0.15, 0.2) is 24.2 Å². The summed E-state index contributed by atoms with van der Waals surface area (Å²) in [5, 5.41) is 22.5. The lowest BCUT2D eigenvalue weighted by atomic mass is 9.80. The van der Waals surface area contributed by atoms with Crippen molar-refractivity contribution in [2.45, 2.75) is 104 Å². The maximum Gasteiger partial charge on any atom is 0.185 e. The monoisotopic (exact) mass is 881 g/mol. The van der Waals surface area contributed by atoms with Gasteiger partial charge in [-0.05, 0) is 81.9 Å². The summed E-state index contributed by atoms with van der Waals surface area (Å²) in [6.45, 7) is 9.57. The number of carbonyl (C=O) groups excluding carboxylic acids is 3. The molecule has 2 aromatic heterocycles. The number of hydrogen-bond donors (Lipinski definition) is 4. The van der Waals surface area contributed by atoms with Crippen molar-refractivity contribution in [1.82, 2.24) is 24.0 Å². The van der Waals surface area contributed by atoms with Gasteiger partial charge in [0, 0.05) is 89.3 Å². The number of carbonyl (C=O) groups is 3. The molecule has 0 atom stereocenters. The molecule has 4 N–H and O–H groups in total. The van der Waals surface area contributed by atoms with Crippen LogP contribution in [0.15, 0.2) is 36.4 Å². The Balaban J connectivity index is 0.000000234. The number of unbranched alkanes of at least 4 members (excludes halogenated alkanes) is 1. The highest BCUT2D eigenvalue weighted by molar-refractivity contribution is 6.39. The molecule has 0 radical (unpaired) electrons. The summed E-state index contributed by atoms with van der Waals surface area (Å²) in [5.41, 5.74) is 8.60. The first-order chi connectivity index (χ1) is 29.4. The first-order valence-corrected chi connectivity index (χ1v) is 22.4. The van der Waals surface area contributed by atoms with Crippen LogP contribution in [0.25, 0.3) is 11.1 Å². The highest BCUT2D eigenvalue weighted by Gasteiger charge is 2.53. The fourth-order valence-electron chi connectivity index (χ4n) is 8.74. The second-order valence-electron chi connectivity index (χ2n) is 16.0. The van der Waals surface area contributed by atoms with Crippen molar-refractivity contribution in [1.29, 1.82) is 0 Å². The fraction of sp³-hybridized carbons (Fsp3) is 0.553. The van der Waals surface area contributed by atoms with E-state index < -0.39 is 0 Å². The van der Waals surface area contributed by atoms with Crippen LogP contribution in [0.1, 0.15) is 123 Å². The maximum atomic E-state index is 11.4. The number of aldehydes is 3. The van der Waals surface area contributed by atoms with Crippen molar-refractivity contribution in [3.63, 3.8) is 0 Å². The molecule has 2 bridgehead atoms. The van der Waals surface area contributed by atoms with E-state index in [0.29, 0.717) is 33.7 Å². The van der Waals surface area contributed by atoms with Crippen molar-refractivity contribution >= 4 is 53.4 Å². The summed E-state index contributed by atoms with van der Waals surface area (Å²) in [5.74, 6) is 1.08. The average molecular weight is 883 g/mol.